The zero-order chi connectivity index (χ0) is 12.5. The van der Waals surface area contributed by atoms with Gasteiger partial charge in [0.25, 0.3) is 0 Å². The van der Waals surface area contributed by atoms with Gasteiger partial charge in [0.2, 0.25) is 0 Å². The summed E-state index contributed by atoms with van der Waals surface area (Å²) in [6.45, 7) is 6.23. The molecule has 4 nitrogen and oxygen atoms in total. The number of aliphatic hydroxyl groups excluding tert-OH is 1. The molecule has 1 aliphatic rings. The van der Waals surface area contributed by atoms with Crippen LogP contribution in [0.25, 0.3) is 0 Å². The SMILES string of the molecule is CCCCOCC(O)CN(C)CC1CCCN1. The first-order chi connectivity index (χ1) is 8.22. The molecule has 0 spiro atoms. The van der Waals surface area contributed by atoms with Crippen LogP contribution < -0.4 is 5.32 Å². The molecule has 2 atom stereocenters. The van der Waals surface area contributed by atoms with Crippen LogP contribution in [0, 0.1) is 0 Å². The minimum absolute atomic E-state index is 0.363. The number of unbranched alkanes of at least 4 members (excludes halogenated alkanes) is 1. The number of ether oxygens (including phenoxy) is 1. The number of nitrogens with one attached hydrogen (secondary N) is 1. The number of nitrogens with zero attached hydrogens (tertiary/aromatic N) is 1. The maximum Gasteiger partial charge on any atom is 0.0900 e. The molecule has 1 aliphatic heterocycles. The van der Waals surface area contributed by atoms with E-state index in [9.17, 15) is 5.11 Å². The summed E-state index contributed by atoms with van der Waals surface area (Å²) in [5, 5.41) is 13.3. The standard InChI is InChI=1S/C13H28N2O2/c1-3-4-8-17-11-13(16)10-15(2)9-12-6-5-7-14-12/h12-14,16H,3-11H2,1-2H3. The molecule has 2 N–H and O–H groups in total. The summed E-state index contributed by atoms with van der Waals surface area (Å²) in [6, 6.07) is 0.605. The summed E-state index contributed by atoms with van der Waals surface area (Å²) in [6.07, 6.45) is 4.39. The van der Waals surface area contributed by atoms with E-state index in [1.807, 2.05) is 0 Å². The highest BCUT2D eigenvalue weighted by Gasteiger charge is 2.17. The van der Waals surface area contributed by atoms with Gasteiger partial charge in [-0.2, -0.15) is 0 Å². The van der Waals surface area contributed by atoms with Crippen molar-refractivity contribution in [3.63, 3.8) is 0 Å². The second-order valence-electron chi connectivity index (χ2n) is 5.10. The maximum absolute atomic E-state index is 9.81. The molecule has 4 heteroatoms. The third-order valence-corrected chi connectivity index (χ3v) is 3.17. The van der Waals surface area contributed by atoms with Crippen molar-refractivity contribution < 1.29 is 9.84 Å². The highest BCUT2D eigenvalue weighted by molar-refractivity contribution is 4.77. The Morgan fingerprint density at radius 2 is 2.35 bits per heavy atom. The molecule has 0 aromatic rings. The minimum atomic E-state index is -0.363. The van der Waals surface area contributed by atoms with Crippen molar-refractivity contribution in [2.45, 2.75) is 44.8 Å². The molecule has 0 saturated carbocycles. The van der Waals surface area contributed by atoms with E-state index in [-0.39, 0.29) is 6.10 Å². The van der Waals surface area contributed by atoms with E-state index in [1.165, 1.54) is 12.8 Å². The fourth-order valence-electron chi connectivity index (χ4n) is 2.24. The lowest BCUT2D eigenvalue weighted by Crippen LogP contribution is -2.40. The molecule has 0 aliphatic carbocycles. The molecule has 0 radical (unpaired) electrons. The van der Waals surface area contributed by atoms with Crippen LogP contribution in [0.2, 0.25) is 0 Å². The Morgan fingerprint density at radius 1 is 1.53 bits per heavy atom. The average molecular weight is 244 g/mol. The van der Waals surface area contributed by atoms with E-state index >= 15 is 0 Å². The molecule has 2 unspecified atom stereocenters. The summed E-state index contributed by atoms with van der Waals surface area (Å²) in [5.41, 5.74) is 0. The fourth-order valence-corrected chi connectivity index (χ4v) is 2.24. The van der Waals surface area contributed by atoms with Crippen molar-refractivity contribution in [2.75, 3.05) is 39.9 Å². The van der Waals surface area contributed by atoms with Gasteiger partial charge in [0.15, 0.2) is 0 Å². The molecule has 17 heavy (non-hydrogen) atoms. The third kappa shape index (κ3) is 6.99. The molecule has 102 valence electrons. The van der Waals surface area contributed by atoms with Crippen molar-refractivity contribution in [3.05, 3.63) is 0 Å². The third-order valence-electron chi connectivity index (χ3n) is 3.17. The first-order valence-corrected chi connectivity index (χ1v) is 6.90. The van der Waals surface area contributed by atoms with Crippen LogP contribution in [0.15, 0.2) is 0 Å². The van der Waals surface area contributed by atoms with E-state index in [0.29, 0.717) is 19.2 Å². The highest BCUT2D eigenvalue weighted by Crippen LogP contribution is 2.06. The van der Waals surface area contributed by atoms with Gasteiger partial charge in [-0.05, 0) is 32.9 Å². The van der Waals surface area contributed by atoms with E-state index in [0.717, 1.165) is 32.5 Å². The smallest absolute Gasteiger partial charge is 0.0900 e. The Kier molecular flexibility index (Phi) is 7.77. The summed E-state index contributed by atoms with van der Waals surface area (Å²) in [7, 11) is 2.06. The molecule has 0 aromatic carbocycles. The zero-order valence-corrected chi connectivity index (χ0v) is 11.3. The molecule has 0 amide bonds. The summed E-state index contributed by atoms with van der Waals surface area (Å²) in [4.78, 5) is 2.19. The van der Waals surface area contributed by atoms with Crippen LogP contribution >= 0.6 is 0 Å². The van der Waals surface area contributed by atoms with E-state index in [2.05, 4.69) is 24.2 Å². The van der Waals surface area contributed by atoms with E-state index in [4.69, 9.17) is 4.74 Å². The predicted octanol–water partition coefficient (Wildman–Crippen LogP) is 0.848. The van der Waals surface area contributed by atoms with Crippen LogP contribution in [-0.2, 0) is 4.74 Å². The fraction of sp³-hybridized carbons (Fsp3) is 1.00. The maximum atomic E-state index is 9.81. The molecule has 0 bridgehead atoms. The quantitative estimate of drug-likeness (QED) is 0.590. The lowest BCUT2D eigenvalue weighted by Gasteiger charge is -2.23. The van der Waals surface area contributed by atoms with Gasteiger partial charge in [-0.15, -0.1) is 0 Å². The molecular formula is C13H28N2O2. The number of hydrogen-bond acceptors (Lipinski definition) is 4. The Bertz CT molecular complexity index is 184. The van der Waals surface area contributed by atoms with E-state index in [1.54, 1.807) is 0 Å². The lowest BCUT2D eigenvalue weighted by atomic mass is 10.2. The normalized spacial score (nSPS) is 22.2. The van der Waals surface area contributed by atoms with Gasteiger partial charge in [0, 0.05) is 25.7 Å². The summed E-state index contributed by atoms with van der Waals surface area (Å²) >= 11 is 0. The van der Waals surface area contributed by atoms with Crippen molar-refractivity contribution in [1.29, 1.82) is 0 Å². The molecule has 0 aromatic heterocycles. The van der Waals surface area contributed by atoms with Gasteiger partial charge >= 0.3 is 0 Å². The summed E-state index contributed by atoms with van der Waals surface area (Å²) < 4.78 is 5.41. The Balaban J connectivity index is 2.01. The number of likely N-dealkylation sites (N-methyl/N-ethyl adjacent to an activating group) is 1. The van der Waals surface area contributed by atoms with Gasteiger partial charge in [-0.25, -0.2) is 0 Å². The van der Waals surface area contributed by atoms with Crippen LogP contribution in [0.3, 0.4) is 0 Å². The molecule has 1 heterocycles. The minimum Gasteiger partial charge on any atom is -0.389 e. The van der Waals surface area contributed by atoms with Crippen LogP contribution in [0.4, 0.5) is 0 Å². The van der Waals surface area contributed by atoms with Gasteiger partial charge in [-0.3, -0.25) is 0 Å². The van der Waals surface area contributed by atoms with Crippen LogP contribution in [-0.4, -0.2) is 62.0 Å². The molecular weight excluding hydrogens is 216 g/mol. The Morgan fingerprint density at radius 3 is 3.00 bits per heavy atom. The largest absolute Gasteiger partial charge is 0.389 e. The van der Waals surface area contributed by atoms with E-state index < -0.39 is 0 Å². The van der Waals surface area contributed by atoms with Crippen molar-refractivity contribution in [3.8, 4) is 0 Å². The average Bonchev–Trinajstić information content (AvgIpc) is 2.77. The predicted molar refractivity (Wildman–Crippen MR) is 70.3 cm³/mol. The topological polar surface area (TPSA) is 44.7 Å². The Labute approximate surface area is 105 Å². The van der Waals surface area contributed by atoms with Crippen molar-refractivity contribution in [2.24, 2.45) is 0 Å². The van der Waals surface area contributed by atoms with Crippen LogP contribution in [0.1, 0.15) is 32.6 Å². The molecule has 1 rings (SSSR count). The first-order valence-electron chi connectivity index (χ1n) is 6.90. The Hall–Kier alpha value is -0.160. The number of aliphatic hydroxyl groups is 1. The second-order valence-corrected chi connectivity index (χ2v) is 5.10. The number of rotatable bonds is 9. The van der Waals surface area contributed by atoms with Crippen molar-refractivity contribution in [1.82, 2.24) is 10.2 Å². The lowest BCUT2D eigenvalue weighted by molar-refractivity contribution is 0.0190. The van der Waals surface area contributed by atoms with Crippen molar-refractivity contribution >= 4 is 0 Å². The van der Waals surface area contributed by atoms with Gasteiger partial charge in [0.1, 0.15) is 0 Å². The highest BCUT2D eigenvalue weighted by atomic mass is 16.5. The first kappa shape index (κ1) is 14.9. The summed E-state index contributed by atoms with van der Waals surface area (Å²) in [5.74, 6) is 0. The molecule has 1 fully saturated rings. The second kappa shape index (κ2) is 8.86. The monoisotopic (exact) mass is 244 g/mol. The van der Waals surface area contributed by atoms with Gasteiger partial charge in [-0.1, -0.05) is 13.3 Å². The van der Waals surface area contributed by atoms with Crippen LogP contribution in [0.5, 0.6) is 0 Å². The van der Waals surface area contributed by atoms with Gasteiger partial charge < -0.3 is 20.1 Å². The zero-order valence-electron chi connectivity index (χ0n) is 11.3. The molecule has 1 saturated heterocycles. The number of hydrogen-bond donors (Lipinski definition) is 2. The van der Waals surface area contributed by atoms with Gasteiger partial charge in [0.05, 0.1) is 12.7 Å².